The van der Waals surface area contributed by atoms with E-state index in [1.807, 2.05) is 30.3 Å². The Bertz CT molecular complexity index is 334. The number of imidazole rings is 1. The lowest BCUT2D eigenvalue weighted by Gasteiger charge is -2.08. The van der Waals surface area contributed by atoms with E-state index < -0.39 is 12.0 Å². The van der Waals surface area contributed by atoms with Gasteiger partial charge in [-0.1, -0.05) is 26.2 Å². The van der Waals surface area contributed by atoms with Gasteiger partial charge in [0.25, 0.3) is 0 Å². The van der Waals surface area contributed by atoms with Crippen molar-refractivity contribution in [2.75, 3.05) is 0 Å². The molecule has 4 nitrogen and oxygen atoms in total. The van der Waals surface area contributed by atoms with Crippen molar-refractivity contribution in [3.05, 3.63) is 18.7 Å². The fourth-order valence-corrected chi connectivity index (χ4v) is 1.82. The number of rotatable bonds is 7. The van der Waals surface area contributed by atoms with Gasteiger partial charge < -0.3 is 5.11 Å². The second-order valence-electron chi connectivity index (χ2n) is 4.23. The number of nitrogens with zero attached hydrogens (tertiary/aromatic N) is 2. The quantitative estimate of drug-likeness (QED) is 0.569. The molecular weight excluding hydrogens is 204 g/mol. The SMILES string of the molecule is CCCCCCC(C(=O)O)n1cc[n+](C)c1. The number of unbranched alkanes of at least 4 members (excludes halogenated alkanes) is 3. The molecule has 0 saturated heterocycles. The van der Waals surface area contributed by atoms with E-state index in [0.717, 1.165) is 12.8 Å². The van der Waals surface area contributed by atoms with Crippen LogP contribution in [0.5, 0.6) is 0 Å². The van der Waals surface area contributed by atoms with Crippen LogP contribution in [0, 0.1) is 0 Å². The number of aromatic nitrogens is 2. The predicted molar refractivity (Wildman–Crippen MR) is 61.0 cm³/mol. The van der Waals surface area contributed by atoms with E-state index in [0.29, 0.717) is 6.42 Å². The third-order valence-corrected chi connectivity index (χ3v) is 2.77. The minimum absolute atomic E-state index is 0.418. The standard InChI is InChI=1S/C12H20N2O2/c1-3-4-5-6-7-11(12(15)16)14-9-8-13(2)10-14/h8-11H,3-7H2,1-2H3/p+1. The zero-order valence-electron chi connectivity index (χ0n) is 10.1. The minimum Gasteiger partial charge on any atom is -0.478 e. The average molecular weight is 225 g/mol. The molecule has 0 bridgehead atoms. The van der Waals surface area contributed by atoms with Gasteiger partial charge in [0.05, 0.1) is 7.05 Å². The molecule has 1 N–H and O–H groups in total. The summed E-state index contributed by atoms with van der Waals surface area (Å²) in [5.74, 6) is -0.743. The van der Waals surface area contributed by atoms with Crippen molar-refractivity contribution in [3.8, 4) is 0 Å². The van der Waals surface area contributed by atoms with Crippen molar-refractivity contribution in [2.24, 2.45) is 7.05 Å². The summed E-state index contributed by atoms with van der Waals surface area (Å²) in [7, 11) is 1.90. The Morgan fingerprint density at radius 1 is 1.44 bits per heavy atom. The van der Waals surface area contributed by atoms with Crippen LogP contribution in [0.25, 0.3) is 0 Å². The molecule has 0 fully saturated rings. The Morgan fingerprint density at radius 3 is 2.69 bits per heavy atom. The smallest absolute Gasteiger partial charge is 0.349 e. The third kappa shape index (κ3) is 3.68. The first-order valence-electron chi connectivity index (χ1n) is 5.90. The maximum atomic E-state index is 11.1. The molecule has 4 heteroatoms. The molecule has 1 aromatic rings. The summed E-state index contributed by atoms with van der Waals surface area (Å²) in [6.07, 6.45) is 10.7. The van der Waals surface area contributed by atoms with E-state index in [2.05, 4.69) is 6.92 Å². The highest BCUT2D eigenvalue weighted by Crippen LogP contribution is 2.16. The first-order chi connectivity index (χ1) is 7.65. The molecule has 0 aliphatic heterocycles. The van der Waals surface area contributed by atoms with Crippen molar-refractivity contribution in [3.63, 3.8) is 0 Å². The Hall–Kier alpha value is -1.32. The predicted octanol–water partition coefficient (Wildman–Crippen LogP) is 1.91. The molecule has 0 saturated carbocycles. The van der Waals surface area contributed by atoms with Crippen LogP contribution < -0.4 is 4.57 Å². The molecule has 1 atom stereocenters. The maximum Gasteiger partial charge on any atom is 0.349 e. The molecule has 90 valence electrons. The van der Waals surface area contributed by atoms with Crippen LogP contribution in [0.15, 0.2) is 18.7 Å². The molecule has 16 heavy (non-hydrogen) atoms. The highest BCUT2D eigenvalue weighted by molar-refractivity contribution is 5.71. The Labute approximate surface area is 96.5 Å². The minimum atomic E-state index is -0.743. The Balaban J connectivity index is 2.52. The molecule has 0 aromatic carbocycles. The first-order valence-corrected chi connectivity index (χ1v) is 5.90. The average Bonchev–Trinajstić information content (AvgIpc) is 2.64. The van der Waals surface area contributed by atoms with Gasteiger partial charge in [-0.15, -0.1) is 0 Å². The monoisotopic (exact) mass is 225 g/mol. The van der Waals surface area contributed by atoms with E-state index in [1.165, 1.54) is 12.8 Å². The van der Waals surface area contributed by atoms with E-state index in [1.54, 1.807) is 4.57 Å². The molecular formula is C12H21N2O2+. The lowest BCUT2D eigenvalue weighted by Crippen LogP contribution is -2.26. The van der Waals surface area contributed by atoms with Gasteiger partial charge in [0.1, 0.15) is 12.4 Å². The Kier molecular flexibility index (Phi) is 5.02. The number of hydrogen-bond donors (Lipinski definition) is 1. The number of carboxylic acids is 1. The molecule has 1 aromatic heterocycles. The van der Waals surface area contributed by atoms with Crippen LogP contribution in [0.4, 0.5) is 0 Å². The fourth-order valence-electron chi connectivity index (χ4n) is 1.82. The summed E-state index contributed by atoms with van der Waals surface area (Å²) in [5, 5.41) is 9.16. The molecule has 0 spiro atoms. The summed E-state index contributed by atoms with van der Waals surface area (Å²) in [6, 6.07) is -0.418. The molecule has 1 heterocycles. The summed E-state index contributed by atoms with van der Waals surface area (Å²) in [4.78, 5) is 11.1. The summed E-state index contributed by atoms with van der Waals surface area (Å²) in [5.41, 5.74) is 0. The Morgan fingerprint density at radius 2 is 2.19 bits per heavy atom. The van der Waals surface area contributed by atoms with E-state index in [4.69, 9.17) is 5.11 Å². The van der Waals surface area contributed by atoms with Crippen molar-refractivity contribution >= 4 is 5.97 Å². The van der Waals surface area contributed by atoms with Gasteiger partial charge in [0.15, 0.2) is 6.04 Å². The van der Waals surface area contributed by atoms with Crippen LogP contribution >= 0.6 is 0 Å². The topological polar surface area (TPSA) is 46.1 Å². The fraction of sp³-hybridized carbons (Fsp3) is 0.667. The van der Waals surface area contributed by atoms with Crippen LogP contribution in [0.3, 0.4) is 0 Å². The van der Waals surface area contributed by atoms with Gasteiger partial charge in [-0.25, -0.2) is 13.9 Å². The van der Waals surface area contributed by atoms with Crippen LogP contribution in [0.1, 0.15) is 45.1 Å². The number of hydrogen-bond acceptors (Lipinski definition) is 1. The van der Waals surface area contributed by atoms with Crippen LogP contribution in [0.2, 0.25) is 0 Å². The number of carboxylic acid groups (broad SMARTS) is 1. The number of carbonyl (C=O) groups is 1. The lowest BCUT2D eigenvalue weighted by molar-refractivity contribution is -0.671. The summed E-state index contributed by atoms with van der Waals surface area (Å²) in [6.45, 7) is 2.15. The zero-order chi connectivity index (χ0) is 12.0. The van der Waals surface area contributed by atoms with Crippen molar-refractivity contribution in [1.29, 1.82) is 0 Å². The second-order valence-corrected chi connectivity index (χ2v) is 4.23. The van der Waals surface area contributed by atoms with Gasteiger partial charge in [-0.3, -0.25) is 0 Å². The van der Waals surface area contributed by atoms with E-state index in [-0.39, 0.29) is 0 Å². The highest BCUT2D eigenvalue weighted by Gasteiger charge is 2.23. The second kappa shape index (κ2) is 6.30. The third-order valence-electron chi connectivity index (χ3n) is 2.77. The van der Waals surface area contributed by atoms with Gasteiger partial charge in [-0.05, 0) is 12.8 Å². The molecule has 0 aliphatic rings. The van der Waals surface area contributed by atoms with E-state index in [9.17, 15) is 4.79 Å². The van der Waals surface area contributed by atoms with Crippen molar-refractivity contribution < 1.29 is 14.5 Å². The molecule has 0 radical (unpaired) electrons. The summed E-state index contributed by atoms with van der Waals surface area (Å²) < 4.78 is 3.64. The van der Waals surface area contributed by atoms with Gasteiger partial charge in [0, 0.05) is 0 Å². The largest absolute Gasteiger partial charge is 0.478 e. The van der Waals surface area contributed by atoms with E-state index >= 15 is 0 Å². The molecule has 1 unspecified atom stereocenters. The number of aliphatic carboxylic acids is 1. The first kappa shape index (κ1) is 12.7. The zero-order valence-corrected chi connectivity index (χ0v) is 10.1. The van der Waals surface area contributed by atoms with Crippen molar-refractivity contribution in [1.82, 2.24) is 4.57 Å². The lowest BCUT2D eigenvalue weighted by atomic mass is 10.1. The maximum absolute atomic E-state index is 11.1. The molecule has 0 amide bonds. The van der Waals surface area contributed by atoms with Gasteiger partial charge in [-0.2, -0.15) is 0 Å². The van der Waals surface area contributed by atoms with Gasteiger partial charge >= 0.3 is 5.97 Å². The van der Waals surface area contributed by atoms with Crippen LogP contribution in [-0.4, -0.2) is 15.6 Å². The highest BCUT2D eigenvalue weighted by atomic mass is 16.4. The normalized spacial score (nSPS) is 12.6. The summed E-state index contributed by atoms with van der Waals surface area (Å²) >= 11 is 0. The van der Waals surface area contributed by atoms with Crippen LogP contribution in [-0.2, 0) is 11.8 Å². The molecule has 1 rings (SSSR count). The van der Waals surface area contributed by atoms with Crippen molar-refractivity contribution in [2.45, 2.75) is 45.1 Å². The number of aryl methyl sites for hydroxylation is 1. The van der Waals surface area contributed by atoms with Gasteiger partial charge in [0.2, 0.25) is 6.33 Å². The molecule has 0 aliphatic carbocycles.